The molecule has 0 aromatic heterocycles. The second-order valence-electron chi connectivity index (χ2n) is 6.41. The molecule has 3 nitrogen and oxygen atoms in total. The number of allylic oxidation sites excluding steroid dienone is 1. The van der Waals surface area contributed by atoms with Crippen molar-refractivity contribution < 1.29 is 9.53 Å². The van der Waals surface area contributed by atoms with Crippen LogP contribution in [0.5, 0.6) is 0 Å². The van der Waals surface area contributed by atoms with Crippen molar-refractivity contribution in [1.82, 2.24) is 4.90 Å². The van der Waals surface area contributed by atoms with E-state index < -0.39 is 5.60 Å². The Balaban J connectivity index is 2.30. The molecule has 0 bridgehead atoms. The van der Waals surface area contributed by atoms with Crippen LogP contribution in [0.1, 0.15) is 53.4 Å². The van der Waals surface area contributed by atoms with E-state index in [1.54, 1.807) is 0 Å². The third-order valence-electron chi connectivity index (χ3n) is 3.25. The van der Waals surface area contributed by atoms with Crippen molar-refractivity contribution in [2.45, 2.75) is 59.0 Å². The van der Waals surface area contributed by atoms with Gasteiger partial charge in [0.05, 0.1) is 0 Å². The Kier molecular flexibility index (Phi) is 5.24. The number of nitrogens with zero attached hydrogens (tertiary/aromatic N) is 1. The Hall–Kier alpha value is -0.990. The molecule has 18 heavy (non-hydrogen) atoms. The SMILES string of the molecule is C=C(C)CCC1CCN(C(=O)OC(C)(C)C)CC1. The third-order valence-corrected chi connectivity index (χ3v) is 3.25. The Morgan fingerprint density at radius 1 is 1.33 bits per heavy atom. The van der Waals surface area contributed by atoms with Crippen LogP contribution in [0.25, 0.3) is 0 Å². The van der Waals surface area contributed by atoms with Crippen LogP contribution in [0, 0.1) is 5.92 Å². The summed E-state index contributed by atoms with van der Waals surface area (Å²) >= 11 is 0. The second-order valence-corrected chi connectivity index (χ2v) is 6.41. The fourth-order valence-electron chi connectivity index (χ4n) is 2.18. The number of piperidine rings is 1. The Bertz CT molecular complexity index is 296. The molecule has 0 aliphatic carbocycles. The zero-order chi connectivity index (χ0) is 13.8. The van der Waals surface area contributed by atoms with Crippen LogP contribution in [-0.2, 0) is 4.74 Å². The average Bonchev–Trinajstić information content (AvgIpc) is 2.24. The first-order chi connectivity index (χ1) is 8.28. The summed E-state index contributed by atoms with van der Waals surface area (Å²) in [4.78, 5) is 13.7. The van der Waals surface area contributed by atoms with E-state index in [9.17, 15) is 4.79 Å². The van der Waals surface area contributed by atoms with Gasteiger partial charge in [-0.1, -0.05) is 5.57 Å². The number of carbonyl (C=O) groups excluding carboxylic acids is 1. The normalized spacial score (nSPS) is 17.7. The quantitative estimate of drug-likeness (QED) is 0.712. The minimum atomic E-state index is -0.395. The van der Waals surface area contributed by atoms with Crippen LogP contribution in [0.4, 0.5) is 4.79 Å². The maximum absolute atomic E-state index is 11.9. The molecule has 1 rings (SSSR count). The van der Waals surface area contributed by atoms with Crippen LogP contribution in [0.15, 0.2) is 12.2 Å². The van der Waals surface area contributed by atoms with Crippen molar-refractivity contribution in [2.75, 3.05) is 13.1 Å². The van der Waals surface area contributed by atoms with Crippen molar-refractivity contribution >= 4 is 6.09 Å². The average molecular weight is 253 g/mol. The van der Waals surface area contributed by atoms with Crippen LogP contribution >= 0.6 is 0 Å². The lowest BCUT2D eigenvalue weighted by molar-refractivity contribution is 0.0181. The van der Waals surface area contributed by atoms with Gasteiger partial charge in [0.25, 0.3) is 0 Å². The summed E-state index contributed by atoms with van der Waals surface area (Å²) in [6.07, 6.45) is 4.33. The lowest BCUT2D eigenvalue weighted by Crippen LogP contribution is -2.41. The van der Waals surface area contributed by atoms with Crippen LogP contribution < -0.4 is 0 Å². The van der Waals surface area contributed by atoms with Crippen molar-refractivity contribution in [3.63, 3.8) is 0 Å². The van der Waals surface area contributed by atoms with E-state index in [1.165, 1.54) is 12.0 Å². The molecule has 0 radical (unpaired) electrons. The zero-order valence-electron chi connectivity index (χ0n) is 12.3. The summed E-state index contributed by atoms with van der Waals surface area (Å²) in [5.41, 5.74) is 0.859. The van der Waals surface area contributed by atoms with Gasteiger partial charge >= 0.3 is 6.09 Å². The van der Waals surface area contributed by atoms with E-state index in [-0.39, 0.29) is 6.09 Å². The van der Waals surface area contributed by atoms with Gasteiger partial charge in [-0.25, -0.2) is 4.79 Å². The highest BCUT2D eigenvalue weighted by atomic mass is 16.6. The highest BCUT2D eigenvalue weighted by Gasteiger charge is 2.26. The van der Waals surface area contributed by atoms with E-state index >= 15 is 0 Å². The molecule has 0 aromatic carbocycles. The van der Waals surface area contributed by atoms with Crippen LogP contribution in [0.3, 0.4) is 0 Å². The molecule has 0 saturated carbocycles. The second kappa shape index (κ2) is 6.26. The maximum Gasteiger partial charge on any atom is 0.410 e. The van der Waals surface area contributed by atoms with Gasteiger partial charge < -0.3 is 9.64 Å². The van der Waals surface area contributed by atoms with Gasteiger partial charge in [-0.15, -0.1) is 6.58 Å². The lowest BCUT2D eigenvalue weighted by atomic mass is 9.91. The summed E-state index contributed by atoms with van der Waals surface area (Å²) in [5.74, 6) is 0.736. The molecular weight excluding hydrogens is 226 g/mol. The molecule has 1 heterocycles. The Morgan fingerprint density at radius 2 is 1.89 bits per heavy atom. The molecular formula is C15H27NO2. The molecule has 0 atom stereocenters. The molecule has 0 aromatic rings. The fourth-order valence-corrected chi connectivity index (χ4v) is 2.18. The smallest absolute Gasteiger partial charge is 0.410 e. The molecule has 1 saturated heterocycles. The minimum Gasteiger partial charge on any atom is -0.444 e. The van der Waals surface area contributed by atoms with E-state index in [0.29, 0.717) is 0 Å². The number of likely N-dealkylation sites (tertiary alicyclic amines) is 1. The molecule has 0 unspecified atom stereocenters. The Morgan fingerprint density at radius 3 is 2.33 bits per heavy atom. The molecule has 0 N–H and O–H groups in total. The predicted molar refractivity (Wildman–Crippen MR) is 74.6 cm³/mol. The number of rotatable bonds is 3. The summed E-state index contributed by atoms with van der Waals surface area (Å²) in [6.45, 7) is 13.4. The highest BCUT2D eigenvalue weighted by molar-refractivity contribution is 5.68. The summed E-state index contributed by atoms with van der Waals surface area (Å²) in [5, 5.41) is 0. The van der Waals surface area contributed by atoms with Gasteiger partial charge in [0.2, 0.25) is 0 Å². The van der Waals surface area contributed by atoms with Crippen molar-refractivity contribution in [3.05, 3.63) is 12.2 Å². The number of ether oxygens (including phenoxy) is 1. The number of amides is 1. The third kappa shape index (κ3) is 5.56. The van der Waals surface area contributed by atoms with Gasteiger partial charge in [0.15, 0.2) is 0 Å². The predicted octanol–water partition coefficient (Wildman–Crippen LogP) is 3.99. The van der Waals surface area contributed by atoms with E-state index in [0.717, 1.165) is 38.3 Å². The van der Waals surface area contributed by atoms with E-state index in [1.807, 2.05) is 25.7 Å². The van der Waals surface area contributed by atoms with Crippen molar-refractivity contribution in [2.24, 2.45) is 5.92 Å². The number of carbonyl (C=O) groups is 1. The van der Waals surface area contributed by atoms with Crippen LogP contribution in [-0.4, -0.2) is 29.7 Å². The molecule has 104 valence electrons. The minimum absolute atomic E-state index is 0.166. The topological polar surface area (TPSA) is 29.5 Å². The maximum atomic E-state index is 11.9. The van der Waals surface area contributed by atoms with Gasteiger partial charge in [0.1, 0.15) is 5.60 Å². The lowest BCUT2D eigenvalue weighted by Gasteiger charge is -2.33. The molecule has 1 amide bonds. The van der Waals surface area contributed by atoms with Gasteiger partial charge in [-0.3, -0.25) is 0 Å². The number of hydrogen-bond donors (Lipinski definition) is 0. The molecule has 1 fully saturated rings. The van der Waals surface area contributed by atoms with E-state index in [4.69, 9.17) is 4.74 Å². The molecule has 0 spiro atoms. The largest absolute Gasteiger partial charge is 0.444 e. The zero-order valence-corrected chi connectivity index (χ0v) is 12.3. The first-order valence-electron chi connectivity index (χ1n) is 6.90. The van der Waals surface area contributed by atoms with Crippen molar-refractivity contribution in [3.8, 4) is 0 Å². The first-order valence-corrected chi connectivity index (χ1v) is 6.90. The summed E-state index contributed by atoms with van der Waals surface area (Å²) in [7, 11) is 0. The first kappa shape index (κ1) is 15.1. The Labute approximate surface area is 111 Å². The van der Waals surface area contributed by atoms with Gasteiger partial charge in [-0.05, 0) is 59.3 Å². The standard InChI is InChI=1S/C15H27NO2/c1-12(2)6-7-13-8-10-16(11-9-13)14(17)18-15(3,4)5/h13H,1,6-11H2,2-5H3. The summed E-state index contributed by atoms with van der Waals surface area (Å²) < 4.78 is 5.38. The number of hydrogen-bond acceptors (Lipinski definition) is 2. The molecule has 1 aliphatic rings. The highest BCUT2D eigenvalue weighted by Crippen LogP contribution is 2.24. The summed E-state index contributed by atoms with van der Waals surface area (Å²) in [6, 6.07) is 0. The fraction of sp³-hybridized carbons (Fsp3) is 0.800. The van der Waals surface area contributed by atoms with Gasteiger partial charge in [-0.2, -0.15) is 0 Å². The molecule has 3 heteroatoms. The van der Waals surface area contributed by atoms with E-state index in [2.05, 4.69) is 13.5 Å². The van der Waals surface area contributed by atoms with Crippen LogP contribution in [0.2, 0.25) is 0 Å². The van der Waals surface area contributed by atoms with Gasteiger partial charge in [0, 0.05) is 13.1 Å². The molecule has 1 aliphatic heterocycles. The monoisotopic (exact) mass is 253 g/mol. The van der Waals surface area contributed by atoms with Crippen molar-refractivity contribution in [1.29, 1.82) is 0 Å².